The maximum Gasteiger partial charge on any atom is 0.191 e. The maximum absolute atomic E-state index is 4.74. The van der Waals surface area contributed by atoms with Crippen molar-refractivity contribution in [2.75, 3.05) is 19.6 Å². The molecule has 7 nitrogen and oxygen atoms in total. The predicted octanol–water partition coefficient (Wildman–Crippen LogP) is 3.83. The minimum absolute atomic E-state index is 0. The van der Waals surface area contributed by atoms with Crippen LogP contribution in [-0.2, 0) is 19.6 Å². The number of halogens is 1. The summed E-state index contributed by atoms with van der Waals surface area (Å²) in [4.78, 5) is 7.31. The van der Waals surface area contributed by atoms with Gasteiger partial charge in [-0.1, -0.05) is 37.3 Å². The van der Waals surface area contributed by atoms with Gasteiger partial charge in [0, 0.05) is 19.3 Å². The van der Waals surface area contributed by atoms with Crippen LogP contribution in [0.4, 0.5) is 0 Å². The van der Waals surface area contributed by atoms with Gasteiger partial charge in [0.05, 0.1) is 13.1 Å². The summed E-state index contributed by atoms with van der Waals surface area (Å²) in [5, 5.41) is 15.1. The number of hydrogen-bond acceptors (Lipinski definition) is 4. The number of aromatic nitrogens is 3. The summed E-state index contributed by atoms with van der Waals surface area (Å²) in [5.41, 5.74) is 3.44. The van der Waals surface area contributed by atoms with E-state index in [1.807, 2.05) is 28.8 Å². The molecular formula is C24H34IN7. The molecule has 3 heterocycles. The highest BCUT2D eigenvalue weighted by Crippen LogP contribution is 2.18. The molecule has 2 N–H and O–H groups in total. The molecule has 0 unspecified atom stereocenters. The maximum atomic E-state index is 4.74. The Morgan fingerprint density at radius 3 is 2.53 bits per heavy atom. The SMILES string of the molecule is CCNC(=NCc1ccc(CN2CCC(C)CC2)cc1)NCc1nnc2ccccn12.I. The first-order chi connectivity index (χ1) is 15.2. The van der Waals surface area contributed by atoms with Crippen LogP contribution in [0.25, 0.3) is 5.65 Å². The van der Waals surface area contributed by atoms with Crippen molar-refractivity contribution in [1.82, 2.24) is 30.1 Å². The molecule has 0 bridgehead atoms. The number of rotatable bonds is 7. The van der Waals surface area contributed by atoms with Crippen LogP contribution in [0.15, 0.2) is 53.7 Å². The third-order valence-electron chi connectivity index (χ3n) is 5.87. The van der Waals surface area contributed by atoms with E-state index < -0.39 is 0 Å². The highest BCUT2D eigenvalue weighted by molar-refractivity contribution is 14.0. The number of pyridine rings is 1. The fourth-order valence-corrected chi connectivity index (χ4v) is 3.91. The highest BCUT2D eigenvalue weighted by Gasteiger charge is 2.15. The molecule has 1 aromatic carbocycles. The Labute approximate surface area is 207 Å². The van der Waals surface area contributed by atoms with Crippen LogP contribution in [0.3, 0.4) is 0 Å². The highest BCUT2D eigenvalue weighted by atomic mass is 127. The first-order valence-corrected chi connectivity index (χ1v) is 11.3. The fraction of sp³-hybridized carbons (Fsp3) is 0.458. The van der Waals surface area contributed by atoms with E-state index in [4.69, 9.17) is 4.99 Å². The molecule has 3 aromatic rings. The van der Waals surface area contributed by atoms with Gasteiger partial charge in [0.2, 0.25) is 0 Å². The normalized spacial score (nSPS) is 15.5. The average Bonchev–Trinajstić information content (AvgIpc) is 3.21. The van der Waals surface area contributed by atoms with Crippen LogP contribution < -0.4 is 10.6 Å². The second-order valence-corrected chi connectivity index (χ2v) is 8.37. The summed E-state index contributed by atoms with van der Waals surface area (Å²) >= 11 is 0. The quantitative estimate of drug-likeness (QED) is 0.268. The van der Waals surface area contributed by atoms with Gasteiger partial charge in [0.15, 0.2) is 17.4 Å². The topological polar surface area (TPSA) is 69.8 Å². The number of fused-ring (bicyclic) bond motifs is 1. The Hall–Kier alpha value is -2.20. The molecule has 0 atom stereocenters. The van der Waals surface area contributed by atoms with Crippen molar-refractivity contribution in [3.05, 3.63) is 65.6 Å². The Bertz CT molecular complexity index is 991. The predicted molar refractivity (Wildman–Crippen MR) is 140 cm³/mol. The lowest BCUT2D eigenvalue weighted by molar-refractivity contribution is 0.185. The Morgan fingerprint density at radius 2 is 1.78 bits per heavy atom. The number of piperidine rings is 1. The molecule has 2 aromatic heterocycles. The van der Waals surface area contributed by atoms with Crippen LogP contribution in [-0.4, -0.2) is 45.1 Å². The first kappa shape index (κ1) is 24.4. The van der Waals surface area contributed by atoms with E-state index in [2.05, 4.69) is 63.8 Å². The molecule has 0 saturated carbocycles. The molecule has 1 aliphatic rings. The van der Waals surface area contributed by atoms with Crippen LogP contribution in [0.1, 0.15) is 43.6 Å². The molecule has 1 saturated heterocycles. The zero-order valence-electron chi connectivity index (χ0n) is 19.0. The number of likely N-dealkylation sites (tertiary alicyclic amines) is 1. The number of guanidine groups is 1. The van der Waals surface area contributed by atoms with Crippen molar-refractivity contribution in [3.63, 3.8) is 0 Å². The lowest BCUT2D eigenvalue weighted by atomic mass is 9.99. The van der Waals surface area contributed by atoms with Crippen LogP contribution >= 0.6 is 24.0 Å². The fourth-order valence-electron chi connectivity index (χ4n) is 3.91. The van der Waals surface area contributed by atoms with Gasteiger partial charge < -0.3 is 10.6 Å². The van der Waals surface area contributed by atoms with Crippen molar-refractivity contribution in [1.29, 1.82) is 0 Å². The number of benzene rings is 1. The van der Waals surface area contributed by atoms with E-state index >= 15 is 0 Å². The molecule has 32 heavy (non-hydrogen) atoms. The smallest absolute Gasteiger partial charge is 0.191 e. The lowest BCUT2D eigenvalue weighted by Gasteiger charge is -2.30. The lowest BCUT2D eigenvalue weighted by Crippen LogP contribution is -2.37. The first-order valence-electron chi connectivity index (χ1n) is 11.3. The van der Waals surface area contributed by atoms with Crippen LogP contribution in [0.5, 0.6) is 0 Å². The largest absolute Gasteiger partial charge is 0.357 e. The van der Waals surface area contributed by atoms with Crippen molar-refractivity contribution in [2.24, 2.45) is 10.9 Å². The summed E-state index contributed by atoms with van der Waals surface area (Å²) in [6, 6.07) is 14.8. The monoisotopic (exact) mass is 547 g/mol. The Morgan fingerprint density at radius 1 is 1.03 bits per heavy atom. The molecule has 1 fully saturated rings. The Kier molecular flexibility index (Phi) is 9.28. The number of hydrogen-bond donors (Lipinski definition) is 2. The van der Waals surface area contributed by atoms with Gasteiger partial charge in [-0.25, -0.2) is 4.99 Å². The van der Waals surface area contributed by atoms with Gasteiger partial charge in [-0.2, -0.15) is 0 Å². The molecule has 0 aliphatic carbocycles. The molecular weight excluding hydrogens is 513 g/mol. The Balaban J connectivity index is 0.00000289. The van der Waals surface area contributed by atoms with Crippen molar-refractivity contribution in [3.8, 4) is 0 Å². The van der Waals surface area contributed by atoms with E-state index in [1.165, 1.54) is 37.1 Å². The van der Waals surface area contributed by atoms with E-state index in [0.717, 1.165) is 36.4 Å². The van der Waals surface area contributed by atoms with Gasteiger partial charge in [-0.3, -0.25) is 9.30 Å². The van der Waals surface area contributed by atoms with Crippen molar-refractivity contribution < 1.29 is 0 Å². The summed E-state index contributed by atoms with van der Waals surface area (Å²) in [7, 11) is 0. The number of nitrogens with one attached hydrogen (secondary N) is 2. The van der Waals surface area contributed by atoms with E-state index in [0.29, 0.717) is 13.1 Å². The van der Waals surface area contributed by atoms with Gasteiger partial charge in [-0.15, -0.1) is 34.2 Å². The van der Waals surface area contributed by atoms with Gasteiger partial charge >= 0.3 is 0 Å². The summed E-state index contributed by atoms with van der Waals surface area (Å²) in [6.07, 6.45) is 4.61. The third kappa shape index (κ3) is 6.65. The van der Waals surface area contributed by atoms with Crippen LogP contribution in [0.2, 0.25) is 0 Å². The second kappa shape index (κ2) is 12.2. The number of aliphatic imine (C=N–C) groups is 1. The molecule has 1 aliphatic heterocycles. The summed E-state index contributed by atoms with van der Waals surface area (Å²) < 4.78 is 1.98. The van der Waals surface area contributed by atoms with Gasteiger partial charge in [-0.05, 0) is 62.0 Å². The molecule has 4 rings (SSSR count). The molecule has 172 valence electrons. The van der Waals surface area contributed by atoms with Crippen molar-refractivity contribution >= 4 is 35.6 Å². The molecule has 8 heteroatoms. The zero-order valence-corrected chi connectivity index (χ0v) is 21.3. The minimum atomic E-state index is 0. The zero-order chi connectivity index (χ0) is 21.5. The third-order valence-corrected chi connectivity index (χ3v) is 5.87. The molecule has 0 amide bonds. The second-order valence-electron chi connectivity index (χ2n) is 8.37. The minimum Gasteiger partial charge on any atom is -0.357 e. The van der Waals surface area contributed by atoms with Crippen molar-refractivity contribution in [2.45, 2.75) is 46.3 Å². The number of nitrogens with zero attached hydrogens (tertiary/aromatic N) is 5. The van der Waals surface area contributed by atoms with E-state index in [-0.39, 0.29) is 24.0 Å². The van der Waals surface area contributed by atoms with Gasteiger partial charge in [0.25, 0.3) is 0 Å². The molecule has 0 radical (unpaired) electrons. The van der Waals surface area contributed by atoms with Gasteiger partial charge in [0.1, 0.15) is 0 Å². The summed E-state index contributed by atoms with van der Waals surface area (Å²) in [6.45, 7) is 9.91. The van der Waals surface area contributed by atoms with E-state index in [9.17, 15) is 0 Å². The van der Waals surface area contributed by atoms with E-state index in [1.54, 1.807) is 0 Å². The summed E-state index contributed by atoms with van der Waals surface area (Å²) in [5.74, 6) is 2.51. The average molecular weight is 547 g/mol. The molecule has 0 spiro atoms. The standard InChI is InChI=1S/C24H33N7.HI/c1-3-25-24(27-17-23-29-28-22-6-4-5-13-31(22)23)26-16-20-7-9-21(10-8-20)18-30-14-11-19(2)12-15-30;/h4-10,13,19H,3,11-12,14-18H2,1-2H3,(H2,25,26,27);1H. The van der Waals surface area contributed by atoms with Crippen LogP contribution in [0, 0.1) is 5.92 Å².